The van der Waals surface area contributed by atoms with Crippen molar-refractivity contribution < 1.29 is 18.7 Å². The van der Waals surface area contributed by atoms with E-state index >= 15 is 0 Å². The van der Waals surface area contributed by atoms with Crippen LogP contribution in [0.1, 0.15) is 10.4 Å². The van der Waals surface area contributed by atoms with Gasteiger partial charge in [-0.1, -0.05) is 0 Å². The molecule has 0 aromatic heterocycles. The number of phenolic OH excluding ortho intramolecular Hbond substituents is 1. The second kappa shape index (κ2) is 3.06. The zero-order valence-corrected chi connectivity index (χ0v) is 6.40. The van der Waals surface area contributed by atoms with E-state index in [4.69, 9.17) is 16.7 Å². The summed E-state index contributed by atoms with van der Waals surface area (Å²) in [5.74, 6) is -3.76. The highest BCUT2D eigenvalue weighted by Crippen LogP contribution is 2.21. The number of rotatable bonds is 1. The molecule has 0 spiro atoms. The summed E-state index contributed by atoms with van der Waals surface area (Å²) in [7, 11) is 0. The quantitative estimate of drug-likeness (QED) is 0.692. The van der Waals surface area contributed by atoms with Crippen molar-refractivity contribution in [3.05, 3.63) is 29.3 Å². The number of benzene rings is 1. The number of phenols is 1. The van der Waals surface area contributed by atoms with Gasteiger partial charge in [0.2, 0.25) is 5.82 Å². The van der Waals surface area contributed by atoms with Crippen molar-refractivity contribution in [2.75, 3.05) is 0 Å². The molecule has 12 heavy (non-hydrogen) atoms. The molecular formula is C7H3ClF2O2. The van der Waals surface area contributed by atoms with Gasteiger partial charge in [-0.2, -0.15) is 4.39 Å². The molecule has 0 saturated carbocycles. The van der Waals surface area contributed by atoms with Crippen molar-refractivity contribution in [3.8, 4) is 5.75 Å². The fourth-order valence-electron chi connectivity index (χ4n) is 0.691. The van der Waals surface area contributed by atoms with Gasteiger partial charge in [-0.15, -0.1) is 0 Å². The van der Waals surface area contributed by atoms with Crippen LogP contribution in [0.4, 0.5) is 8.78 Å². The second-order valence-electron chi connectivity index (χ2n) is 2.03. The molecule has 2 nitrogen and oxygen atoms in total. The van der Waals surface area contributed by atoms with E-state index in [-0.39, 0.29) is 0 Å². The van der Waals surface area contributed by atoms with Gasteiger partial charge >= 0.3 is 0 Å². The summed E-state index contributed by atoms with van der Waals surface area (Å²) in [5, 5.41) is 7.53. The molecule has 5 heteroatoms. The van der Waals surface area contributed by atoms with Crippen LogP contribution < -0.4 is 0 Å². The third kappa shape index (κ3) is 1.38. The molecular weight excluding hydrogens is 190 g/mol. The average Bonchev–Trinajstić information content (AvgIpc) is 2.00. The van der Waals surface area contributed by atoms with E-state index in [2.05, 4.69) is 0 Å². The highest BCUT2D eigenvalue weighted by Gasteiger charge is 2.16. The normalized spacial score (nSPS) is 9.92. The third-order valence-electron chi connectivity index (χ3n) is 1.27. The summed E-state index contributed by atoms with van der Waals surface area (Å²) in [6.07, 6.45) is 0. The fourth-order valence-corrected chi connectivity index (χ4v) is 0.837. The van der Waals surface area contributed by atoms with Crippen molar-refractivity contribution in [2.45, 2.75) is 0 Å². The van der Waals surface area contributed by atoms with Gasteiger partial charge in [0.25, 0.3) is 5.24 Å². The Kier molecular flexibility index (Phi) is 2.28. The summed E-state index contributed by atoms with van der Waals surface area (Å²) in [6, 6.07) is 1.76. The number of carbonyl (C=O) groups is 1. The lowest BCUT2D eigenvalue weighted by Crippen LogP contribution is -1.97. The maximum absolute atomic E-state index is 12.7. The zero-order valence-electron chi connectivity index (χ0n) is 5.64. The molecule has 0 fully saturated rings. The molecule has 0 aliphatic heterocycles. The van der Waals surface area contributed by atoms with E-state index in [9.17, 15) is 13.6 Å². The van der Waals surface area contributed by atoms with Crippen LogP contribution in [-0.4, -0.2) is 10.3 Å². The summed E-state index contributed by atoms with van der Waals surface area (Å²) in [6.45, 7) is 0. The van der Waals surface area contributed by atoms with Gasteiger partial charge in [0.05, 0.1) is 5.56 Å². The van der Waals surface area contributed by atoms with Crippen molar-refractivity contribution in [2.24, 2.45) is 0 Å². The van der Waals surface area contributed by atoms with E-state index in [1.807, 2.05) is 0 Å². The third-order valence-corrected chi connectivity index (χ3v) is 1.48. The Bertz CT molecular complexity index is 338. The monoisotopic (exact) mass is 192 g/mol. The molecule has 0 heterocycles. The maximum Gasteiger partial charge on any atom is 0.255 e. The number of aromatic hydroxyl groups is 1. The molecule has 1 aromatic carbocycles. The Balaban J connectivity index is 3.36. The van der Waals surface area contributed by atoms with E-state index in [1.54, 1.807) is 0 Å². The Morgan fingerprint density at radius 1 is 1.33 bits per heavy atom. The minimum atomic E-state index is -1.47. The van der Waals surface area contributed by atoms with Crippen LogP contribution >= 0.6 is 11.6 Å². The minimum Gasteiger partial charge on any atom is -0.505 e. The fraction of sp³-hybridized carbons (Fsp3) is 0. The SMILES string of the molecule is O=C(Cl)c1ccc(O)c(F)c1F. The van der Waals surface area contributed by atoms with E-state index < -0.39 is 28.2 Å². The highest BCUT2D eigenvalue weighted by molar-refractivity contribution is 6.67. The highest BCUT2D eigenvalue weighted by atomic mass is 35.5. The molecule has 1 N–H and O–H groups in total. The molecule has 1 aromatic rings. The van der Waals surface area contributed by atoms with Crippen LogP contribution in [0.2, 0.25) is 0 Å². The van der Waals surface area contributed by atoms with E-state index in [0.29, 0.717) is 0 Å². The van der Waals surface area contributed by atoms with Crippen molar-refractivity contribution in [1.29, 1.82) is 0 Å². The Labute approximate surface area is 71.4 Å². The first-order valence-corrected chi connectivity index (χ1v) is 3.28. The van der Waals surface area contributed by atoms with Crippen LogP contribution in [0.3, 0.4) is 0 Å². The number of halogens is 3. The van der Waals surface area contributed by atoms with Crippen LogP contribution in [-0.2, 0) is 0 Å². The smallest absolute Gasteiger partial charge is 0.255 e. The van der Waals surface area contributed by atoms with Gasteiger partial charge in [0.1, 0.15) is 0 Å². The second-order valence-corrected chi connectivity index (χ2v) is 2.38. The molecule has 0 amide bonds. The lowest BCUT2D eigenvalue weighted by molar-refractivity contribution is 0.107. The summed E-state index contributed by atoms with van der Waals surface area (Å²) >= 11 is 4.91. The van der Waals surface area contributed by atoms with E-state index in [1.165, 1.54) is 0 Å². The molecule has 0 bridgehead atoms. The molecule has 0 aliphatic rings. The first-order valence-electron chi connectivity index (χ1n) is 2.91. The standard InChI is InChI=1S/C7H3ClF2O2/c8-7(12)3-1-2-4(11)6(10)5(3)9/h1-2,11H. The van der Waals surface area contributed by atoms with Gasteiger partial charge in [-0.25, -0.2) is 4.39 Å². The first-order chi connectivity index (χ1) is 5.54. The van der Waals surface area contributed by atoms with Gasteiger partial charge in [-0.05, 0) is 23.7 Å². The molecule has 0 aliphatic carbocycles. The Morgan fingerprint density at radius 3 is 2.42 bits per heavy atom. The first kappa shape index (κ1) is 8.93. The minimum absolute atomic E-state index is 0.591. The largest absolute Gasteiger partial charge is 0.505 e. The topological polar surface area (TPSA) is 37.3 Å². The zero-order chi connectivity index (χ0) is 9.30. The van der Waals surface area contributed by atoms with Crippen LogP contribution in [0.15, 0.2) is 12.1 Å². The average molecular weight is 193 g/mol. The molecule has 0 saturated heterocycles. The Morgan fingerprint density at radius 2 is 1.92 bits per heavy atom. The van der Waals surface area contributed by atoms with Crippen LogP contribution in [0, 0.1) is 11.6 Å². The Hall–Kier alpha value is -1.16. The molecule has 1 rings (SSSR count). The lowest BCUT2D eigenvalue weighted by Gasteiger charge is -1.99. The predicted octanol–water partition coefficient (Wildman–Crippen LogP) is 2.05. The summed E-state index contributed by atoms with van der Waals surface area (Å²) in [4.78, 5) is 10.4. The van der Waals surface area contributed by atoms with Gasteiger partial charge in [0.15, 0.2) is 11.6 Å². The van der Waals surface area contributed by atoms with Gasteiger partial charge < -0.3 is 5.11 Å². The summed E-state index contributed by atoms with van der Waals surface area (Å²) in [5.41, 5.74) is -0.591. The molecule has 64 valence electrons. The predicted molar refractivity (Wildman–Crippen MR) is 38.2 cm³/mol. The molecule has 0 radical (unpaired) electrons. The maximum atomic E-state index is 12.7. The van der Waals surface area contributed by atoms with Crippen molar-refractivity contribution in [3.63, 3.8) is 0 Å². The van der Waals surface area contributed by atoms with Gasteiger partial charge in [-0.3, -0.25) is 4.79 Å². The van der Waals surface area contributed by atoms with E-state index in [0.717, 1.165) is 12.1 Å². The number of carbonyl (C=O) groups excluding carboxylic acids is 1. The van der Waals surface area contributed by atoms with Crippen LogP contribution in [0.25, 0.3) is 0 Å². The number of hydrogen-bond donors (Lipinski definition) is 1. The van der Waals surface area contributed by atoms with Crippen molar-refractivity contribution in [1.82, 2.24) is 0 Å². The van der Waals surface area contributed by atoms with Gasteiger partial charge in [0, 0.05) is 0 Å². The summed E-state index contributed by atoms with van der Waals surface area (Å²) < 4.78 is 25.2. The molecule has 0 unspecified atom stereocenters. The lowest BCUT2D eigenvalue weighted by atomic mass is 10.2. The number of hydrogen-bond acceptors (Lipinski definition) is 2. The van der Waals surface area contributed by atoms with Crippen LogP contribution in [0.5, 0.6) is 5.75 Å². The van der Waals surface area contributed by atoms with Crippen molar-refractivity contribution >= 4 is 16.8 Å². The molecule has 0 atom stereocenters.